The molecule has 0 heterocycles. The van der Waals surface area contributed by atoms with E-state index < -0.39 is 0 Å². The zero-order chi connectivity index (χ0) is 14.5. The lowest BCUT2D eigenvalue weighted by Crippen LogP contribution is -2.14. The Labute approximate surface area is 129 Å². The van der Waals surface area contributed by atoms with E-state index in [9.17, 15) is 0 Å². The maximum atomic E-state index is 5.92. The van der Waals surface area contributed by atoms with Crippen molar-refractivity contribution in [3.8, 4) is 5.75 Å². The summed E-state index contributed by atoms with van der Waals surface area (Å²) < 4.78 is 5.90. The summed E-state index contributed by atoms with van der Waals surface area (Å²) in [4.78, 5) is 0. The van der Waals surface area contributed by atoms with Crippen molar-refractivity contribution in [1.29, 1.82) is 0 Å². The van der Waals surface area contributed by atoms with E-state index in [0.717, 1.165) is 22.1 Å². The zero-order valence-electron chi connectivity index (χ0n) is 11.5. The first-order valence-electron chi connectivity index (χ1n) is 6.43. The normalized spacial score (nSPS) is 13.5. The van der Waals surface area contributed by atoms with Gasteiger partial charge >= 0.3 is 0 Å². The van der Waals surface area contributed by atoms with Crippen LogP contribution in [0.4, 0.5) is 0 Å². The van der Waals surface area contributed by atoms with E-state index in [4.69, 9.17) is 27.9 Å². The molecule has 0 aliphatic carbocycles. The Morgan fingerprint density at radius 3 is 2.75 bits per heavy atom. The maximum absolute atomic E-state index is 5.92. The topological polar surface area (TPSA) is 21.3 Å². The van der Waals surface area contributed by atoms with Crippen LogP contribution in [0.1, 0.15) is 18.5 Å². The molecule has 2 aromatic carbocycles. The standard InChI is InChI=1S/C16H17Cl2NO/c1-11(19-2)14-8-7-12-5-3-4-6-15(12)16(14)20-10-13(18)9-17/h3-9,11,19H,10H2,1-2H3. The van der Waals surface area contributed by atoms with Crippen LogP contribution in [0.25, 0.3) is 10.8 Å². The maximum Gasteiger partial charge on any atom is 0.132 e. The second kappa shape index (κ2) is 6.98. The van der Waals surface area contributed by atoms with Gasteiger partial charge in [0.15, 0.2) is 0 Å². The van der Waals surface area contributed by atoms with Gasteiger partial charge < -0.3 is 10.1 Å². The molecule has 0 spiro atoms. The molecular weight excluding hydrogens is 293 g/mol. The highest BCUT2D eigenvalue weighted by Gasteiger charge is 2.13. The molecule has 106 valence electrons. The van der Waals surface area contributed by atoms with Gasteiger partial charge in [-0.2, -0.15) is 0 Å². The summed E-state index contributed by atoms with van der Waals surface area (Å²) in [6, 6.07) is 12.5. The molecule has 0 aliphatic heterocycles. The van der Waals surface area contributed by atoms with Gasteiger partial charge in [-0.3, -0.25) is 0 Å². The van der Waals surface area contributed by atoms with Crippen molar-refractivity contribution in [1.82, 2.24) is 5.32 Å². The number of benzene rings is 2. The van der Waals surface area contributed by atoms with Crippen molar-refractivity contribution in [3.05, 3.63) is 52.5 Å². The first kappa shape index (κ1) is 15.2. The summed E-state index contributed by atoms with van der Waals surface area (Å²) >= 11 is 11.5. The van der Waals surface area contributed by atoms with Crippen molar-refractivity contribution in [2.24, 2.45) is 0 Å². The molecule has 0 saturated heterocycles. The van der Waals surface area contributed by atoms with Gasteiger partial charge in [-0.05, 0) is 19.4 Å². The number of fused-ring (bicyclic) bond motifs is 1. The average molecular weight is 310 g/mol. The number of nitrogens with one attached hydrogen (secondary N) is 1. The van der Waals surface area contributed by atoms with Crippen molar-refractivity contribution in [2.75, 3.05) is 13.7 Å². The van der Waals surface area contributed by atoms with Crippen LogP contribution in [-0.4, -0.2) is 13.7 Å². The van der Waals surface area contributed by atoms with Crippen LogP contribution in [-0.2, 0) is 0 Å². The van der Waals surface area contributed by atoms with Crippen LogP contribution in [0.3, 0.4) is 0 Å². The summed E-state index contributed by atoms with van der Waals surface area (Å²) in [5.41, 5.74) is 2.43. The lowest BCUT2D eigenvalue weighted by Gasteiger charge is -2.18. The van der Waals surface area contributed by atoms with E-state index in [1.165, 1.54) is 5.54 Å². The number of hydrogen-bond acceptors (Lipinski definition) is 2. The average Bonchev–Trinajstić information content (AvgIpc) is 2.51. The van der Waals surface area contributed by atoms with Crippen molar-refractivity contribution in [2.45, 2.75) is 13.0 Å². The van der Waals surface area contributed by atoms with Crippen LogP contribution in [0, 0.1) is 0 Å². The molecule has 20 heavy (non-hydrogen) atoms. The highest BCUT2D eigenvalue weighted by atomic mass is 35.5. The number of rotatable bonds is 5. The highest BCUT2D eigenvalue weighted by molar-refractivity contribution is 6.36. The second-order valence-corrected chi connectivity index (χ2v) is 5.26. The van der Waals surface area contributed by atoms with Crippen LogP contribution in [0.5, 0.6) is 5.75 Å². The number of ether oxygens (including phenoxy) is 1. The molecule has 1 unspecified atom stereocenters. The number of hydrogen-bond donors (Lipinski definition) is 1. The molecular formula is C16H17Cl2NO. The minimum absolute atomic E-state index is 0.188. The monoisotopic (exact) mass is 309 g/mol. The highest BCUT2D eigenvalue weighted by Crippen LogP contribution is 2.34. The molecule has 1 N–H and O–H groups in total. The predicted octanol–water partition coefficient (Wildman–Crippen LogP) is 4.82. The third-order valence-electron chi connectivity index (χ3n) is 3.28. The molecule has 0 saturated carbocycles. The molecule has 0 amide bonds. The summed E-state index contributed by atoms with van der Waals surface area (Å²) in [6.07, 6.45) is 0. The summed E-state index contributed by atoms with van der Waals surface area (Å²) in [5, 5.41) is 5.92. The van der Waals surface area contributed by atoms with E-state index in [1.807, 2.05) is 19.2 Å². The van der Waals surface area contributed by atoms with Gasteiger partial charge in [-0.25, -0.2) is 0 Å². The summed E-state index contributed by atoms with van der Waals surface area (Å²) in [7, 11) is 1.93. The third-order valence-corrected chi connectivity index (χ3v) is 3.88. The van der Waals surface area contributed by atoms with E-state index in [1.54, 1.807) is 0 Å². The van der Waals surface area contributed by atoms with Gasteiger partial charge in [0.1, 0.15) is 12.4 Å². The fourth-order valence-corrected chi connectivity index (χ4v) is 2.21. The first-order chi connectivity index (χ1) is 9.67. The minimum atomic E-state index is 0.188. The molecule has 0 bridgehead atoms. The van der Waals surface area contributed by atoms with Gasteiger partial charge in [-0.1, -0.05) is 59.6 Å². The van der Waals surface area contributed by atoms with Gasteiger partial charge in [-0.15, -0.1) is 0 Å². The smallest absolute Gasteiger partial charge is 0.132 e. The van der Waals surface area contributed by atoms with Crippen LogP contribution < -0.4 is 10.1 Å². The Kier molecular flexibility index (Phi) is 5.30. The van der Waals surface area contributed by atoms with E-state index in [0.29, 0.717) is 5.03 Å². The van der Waals surface area contributed by atoms with Gasteiger partial charge in [0.25, 0.3) is 0 Å². The Morgan fingerprint density at radius 2 is 2.05 bits per heavy atom. The SMILES string of the molecule is CNC(C)c1ccc2ccccc2c1OCC(Cl)=CCl. The zero-order valence-corrected chi connectivity index (χ0v) is 13.0. The minimum Gasteiger partial charge on any atom is -0.487 e. The largest absolute Gasteiger partial charge is 0.487 e. The van der Waals surface area contributed by atoms with Gasteiger partial charge in [0, 0.05) is 22.5 Å². The van der Waals surface area contributed by atoms with E-state index in [-0.39, 0.29) is 12.6 Å². The predicted molar refractivity (Wildman–Crippen MR) is 86.7 cm³/mol. The van der Waals surface area contributed by atoms with E-state index >= 15 is 0 Å². The molecule has 0 aromatic heterocycles. The Morgan fingerprint density at radius 1 is 1.30 bits per heavy atom. The van der Waals surface area contributed by atoms with Crippen molar-refractivity contribution in [3.63, 3.8) is 0 Å². The molecule has 0 aliphatic rings. The Hall–Kier alpha value is -1.22. The molecule has 1 atom stereocenters. The van der Waals surface area contributed by atoms with Crippen LogP contribution in [0.15, 0.2) is 47.0 Å². The van der Waals surface area contributed by atoms with Gasteiger partial charge in [0.05, 0.1) is 5.03 Å². The van der Waals surface area contributed by atoms with Crippen LogP contribution >= 0.6 is 23.2 Å². The van der Waals surface area contributed by atoms with Crippen molar-refractivity contribution >= 4 is 34.0 Å². The lowest BCUT2D eigenvalue weighted by molar-refractivity contribution is 0.356. The van der Waals surface area contributed by atoms with Crippen molar-refractivity contribution < 1.29 is 4.74 Å². The van der Waals surface area contributed by atoms with Gasteiger partial charge in [0.2, 0.25) is 0 Å². The fraction of sp³-hybridized carbons (Fsp3) is 0.250. The molecule has 0 radical (unpaired) electrons. The number of halogens is 2. The second-order valence-electron chi connectivity index (χ2n) is 4.56. The molecule has 2 rings (SSSR count). The summed E-state index contributed by atoms with van der Waals surface area (Å²) in [6.45, 7) is 2.36. The Bertz CT molecular complexity index is 625. The fourth-order valence-electron chi connectivity index (χ4n) is 2.09. The molecule has 4 heteroatoms. The molecule has 2 nitrogen and oxygen atoms in total. The summed E-state index contributed by atoms with van der Waals surface area (Å²) in [5.74, 6) is 0.849. The first-order valence-corrected chi connectivity index (χ1v) is 7.25. The molecule has 0 fully saturated rings. The van der Waals surface area contributed by atoms with Crippen LogP contribution in [0.2, 0.25) is 0 Å². The van der Waals surface area contributed by atoms with E-state index in [2.05, 4.69) is 36.5 Å². The third kappa shape index (κ3) is 3.26. The quantitative estimate of drug-likeness (QED) is 0.855. The lowest BCUT2D eigenvalue weighted by atomic mass is 10.0. The Balaban J connectivity index is 2.49. The molecule has 2 aromatic rings.